The number of nitrogens with zero attached hydrogens (tertiary/aromatic N) is 1. The molecule has 0 aliphatic heterocycles. The van der Waals surface area contributed by atoms with Crippen molar-refractivity contribution in [2.45, 2.75) is 13.5 Å². The fourth-order valence-electron chi connectivity index (χ4n) is 1.58. The van der Waals surface area contributed by atoms with Gasteiger partial charge < -0.3 is 5.32 Å². The number of aryl methyl sites for hydroxylation is 1. The number of hydrogen-bond donors (Lipinski definition) is 2. The Hall–Kier alpha value is -2.36. The second-order valence-corrected chi connectivity index (χ2v) is 3.95. The molecule has 0 spiro atoms. The van der Waals surface area contributed by atoms with Crippen LogP contribution in [0.3, 0.4) is 0 Å². The summed E-state index contributed by atoms with van der Waals surface area (Å²) in [4.78, 5) is 15.7. The quantitative estimate of drug-likeness (QED) is 0.868. The highest BCUT2D eigenvalue weighted by molar-refractivity contribution is 5.88. The number of urea groups is 1. The van der Waals surface area contributed by atoms with E-state index in [9.17, 15) is 4.79 Å². The van der Waals surface area contributed by atoms with Crippen molar-refractivity contribution in [2.75, 3.05) is 5.32 Å². The molecule has 0 aliphatic carbocycles. The number of carbonyl (C=O) groups excluding carboxylic acids is 1. The minimum atomic E-state index is -0.253. The molecule has 1 heterocycles. The Morgan fingerprint density at radius 1 is 1.17 bits per heavy atom. The van der Waals surface area contributed by atoms with Gasteiger partial charge in [0.15, 0.2) is 0 Å². The highest BCUT2D eigenvalue weighted by Crippen LogP contribution is 2.06. The molecule has 0 bridgehead atoms. The zero-order valence-electron chi connectivity index (χ0n) is 10.2. The molecule has 0 saturated carbocycles. The van der Waals surface area contributed by atoms with Crippen LogP contribution in [0.1, 0.15) is 11.1 Å². The predicted molar refractivity (Wildman–Crippen MR) is 71.3 cm³/mol. The maximum absolute atomic E-state index is 11.6. The monoisotopic (exact) mass is 241 g/mol. The van der Waals surface area contributed by atoms with Crippen LogP contribution in [0.15, 0.2) is 48.7 Å². The first-order valence-electron chi connectivity index (χ1n) is 5.76. The van der Waals surface area contributed by atoms with Gasteiger partial charge in [0.25, 0.3) is 0 Å². The minimum absolute atomic E-state index is 0.253. The van der Waals surface area contributed by atoms with Crippen molar-refractivity contribution in [1.82, 2.24) is 10.3 Å². The van der Waals surface area contributed by atoms with Gasteiger partial charge >= 0.3 is 6.03 Å². The number of amides is 2. The number of benzene rings is 1. The van der Waals surface area contributed by atoms with Crippen LogP contribution >= 0.6 is 0 Å². The molecule has 2 amide bonds. The van der Waals surface area contributed by atoms with Crippen molar-refractivity contribution in [3.05, 3.63) is 59.8 Å². The number of anilines is 1. The summed E-state index contributed by atoms with van der Waals surface area (Å²) in [7, 11) is 0. The van der Waals surface area contributed by atoms with E-state index in [2.05, 4.69) is 15.6 Å². The fraction of sp³-hybridized carbons (Fsp3) is 0.143. The van der Waals surface area contributed by atoms with E-state index in [0.29, 0.717) is 12.4 Å². The number of pyridine rings is 1. The summed E-state index contributed by atoms with van der Waals surface area (Å²) in [6.07, 6.45) is 1.64. The largest absolute Gasteiger partial charge is 0.334 e. The van der Waals surface area contributed by atoms with Gasteiger partial charge in [0, 0.05) is 12.7 Å². The lowest BCUT2D eigenvalue weighted by molar-refractivity contribution is 0.251. The maximum Gasteiger partial charge on any atom is 0.320 e. The number of rotatable bonds is 3. The van der Waals surface area contributed by atoms with Crippen molar-refractivity contribution in [2.24, 2.45) is 0 Å². The summed E-state index contributed by atoms with van der Waals surface area (Å²) in [5, 5.41) is 5.47. The van der Waals surface area contributed by atoms with Crippen LogP contribution in [-0.4, -0.2) is 11.0 Å². The molecule has 2 N–H and O–H groups in total. The van der Waals surface area contributed by atoms with Crippen LogP contribution in [0.4, 0.5) is 10.6 Å². The number of nitrogens with one attached hydrogen (secondary N) is 2. The lowest BCUT2D eigenvalue weighted by Crippen LogP contribution is -2.28. The third kappa shape index (κ3) is 3.31. The van der Waals surface area contributed by atoms with Crippen LogP contribution in [0.25, 0.3) is 0 Å². The summed E-state index contributed by atoms with van der Waals surface area (Å²) in [6, 6.07) is 13.1. The first-order valence-corrected chi connectivity index (χ1v) is 5.76. The zero-order chi connectivity index (χ0) is 12.8. The normalized spacial score (nSPS) is 9.83. The van der Waals surface area contributed by atoms with Crippen LogP contribution in [-0.2, 0) is 6.54 Å². The van der Waals surface area contributed by atoms with Crippen LogP contribution in [0.5, 0.6) is 0 Å². The molecule has 0 unspecified atom stereocenters. The van der Waals surface area contributed by atoms with Crippen molar-refractivity contribution >= 4 is 11.8 Å². The summed E-state index contributed by atoms with van der Waals surface area (Å²) in [6.45, 7) is 2.53. The molecule has 2 rings (SSSR count). The van der Waals surface area contributed by atoms with E-state index >= 15 is 0 Å². The summed E-state index contributed by atoms with van der Waals surface area (Å²) >= 11 is 0. The Balaban J connectivity index is 1.88. The van der Waals surface area contributed by atoms with Gasteiger partial charge in [0.2, 0.25) is 0 Å². The van der Waals surface area contributed by atoms with E-state index in [1.54, 1.807) is 18.3 Å². The average Bonchev–Trinajstić information content (AvgIpc) is 2.39. The Labute approximate surface area is 106 Å². The van der Waals surface area contributed by atoms with Gasteiger partial charge in [-0.05, 0) is 30.2 Å². The van der Waals surface area contributed by atoms with Crippen molar-refractivity contribution in [1.29, 1.82) is 0 Å². The maximum atomic E-state index is 11.6. The van der Waals surface area contributed by atoms with Crippen LogP contribution < -0.4 is 10.6 Å². The molecule has 1 aromatic carbocycles. The zero-order valence-corrected chi connectivity index (χ0v) is 10.2. The molecule has 18 heavy (non-hydrogen) atoms. The molecule has 92 valence electrons. The Morgan fingerprint density at radius 2 is 1.94 bits per heavy atom. The van der Waals surface area contributed by atoms with Gasteiger partial charge in [-0.25, -0.2) is 9.78 Å². The SMILES string of the molecule is Cc1ccccc1CNC(=O)Nc1ccccn1. The predicted octanol–water partition coefficient (Wildman–Crippen LogP) is 2.71. The van der Waals surface area contributed by atoms with E-state index in [-0.39, 0.29) is 6.03 Å². The molecule has 1 aromatic heterocycles. The molecule has 0 fully saturated rings. The van der Waals surface area contributed by atoms with Crippen molar-refractivity contribution in [3.63, 3.8) is 0 Å². The van der Waals surface area contributed by atoms with Gasteiger partial charge in [0.1, 0.15) is 5.82 Å². The van der Waals surface area contributed by atoms with Gasteiger partial charge in [-0.3, -0.25) is 5.32 Å². The third-order valence-electron chi connectivity index (χ3n) is 2.61. The molecule has 0 aliphatic rings. The number of carbonyl (C=O) groups is 1. The van der Waals surface area contributed by atoms with E-state index < -0.39 is 0 Å². The summed E-state index contributed by atoms with van der Waals surface area (Å²) < 4.78 is 0. The van der Waals surface area contributed by atoms with E-state index in [0.717, 1.165) is 11.1 Å². The third-order valence-corrected chi connectivity index (χ3v) is 2.61. The summed E-state index contributed by atoms with van der Waals surface area (Å²) in [5.74, 6) is 0.541. The van der Waals surface area contributed by atoms with Gasteiger partial charge in [0.05, 0.1) is 0 Å². The van der Waals surface area contributed by atoms with Crippen molar-refractivity contribution < 1.29 is 4.79 Å². The smallest absolute Gasteiger partial charge is 0.320 e. The standard InChI is InChI=1S/C14H15N3O/c1-11-6-2-3-7-12(11)10-16-14(18)17-13-8-4-5-9-15-13/h2-9H,10H2,1H3,(H2,15,16,17,18). The second kappa shape index (κ2) is 5.82. The first-order chi connectivity index (χ1) is 8.75. The lowest BCUT2D eigenvalue weighted by Gasteiger charge is -2.08. The number of hydrogen-bond acceptors (Lipinski definition) is 2. The van der Waals surface area contributed by atoms with Crippen LogP contribution in [0.2, 0.25) is 0 Å². The Morgan fingerprint density at radius 3 is 2.67 bits per heavy atom. The molecule has 0 radical (unpaired) electrons. The molecule has 2 aromatic rings. The fourth-order valence-corrected chi connectivity index (χ4v) is 1.58. The summed E-state index contributed by atoms with van der Waals surface area (Å²) in [5.41, 5.74) is 2.27. The second-order valence-electron chi connectivity index (χ2n) is 3.95. The molecule has 0 atom stereocenters. The topological polar surface area (TPSA) is 54.0 Å². The van der Waals surface area contributed by atoms with E-state index in [4.69, 9.17) is 0 Å². The van der Waals surface area contributed by atoms with Gasteiger partial charge in [-0.2, -0.15) is 0 Å². The molecular formula is C14H15N3O. The first kappa shape index (κ1) is 12.1. The minimum Gasteiger partial charge on any atom is -0.334 e. The van der Waals surface area contributed by atoms with E-state index in [1.807, 2.05) is 37.3 Å². The highest BCUT2D eigenvalue weighted by Gasteiger charge is 2.02. The van der Waals surface area contributed by atoms with E-state index in [1.165, 1.54) is 0 Å². The van der Waals surface area contributed by atoms with Crippen molar-refractivity contribution in [3.8, 4) is 0 Å². The lowest BCUT2D eigenvalue weighted by atomic mass is 10.1. The van der Waals surface area contributed by atoms with Gasteiger partial charge in [-0.15, -0.1) is 0 Å². The van der Waals surface area contributed by atoms with Gasteiger partial charge in [-0.1, -0.05) is 30.3 Å². The molecule has 4 nitrogen and oxygen atoms in total. The molecule has 0 saturated heterocycles. The molecule has 4 heteroatoms. The van der Waals surface area contributed by atoms with Crippen LogP contribution in [0, 0.1) is 6.92 Å². The molecular weight excluding hydrogens is 226 g/mol. The average molecular weight is 241 g/mol. The Bertz CT molecular complexity index is 526. The number of aromatic nitrogens is 1. The highest BCUT2D eigenvalue weighted by atomic mass is 16.2. The Kier molecular flexibility index (Phi) is 3.91.